The van der Waals surface area contributed by atoms with Gasteiger partial charge in [0.15, 0.2) is 0 Å². The smallest absolute Gasteiger partial charge is 0.354 e. The van der Waals surface area contributed by atoms with Gasteiger partial charge in [-0.15, -0.1) is 0 Å². The van der Waals surface area contributed by atoms with E-state index < -0.39 is 11.9 Å². The molecule has 2 heterocycles. The fourth-order valence-corrected chi connectivity index (χ4v) is 1.20. The number of ether oxygens (including phenoxy) is 1. The molecule has 2 rings (SSSR count). The number of carbonyl (C=O) groups is 1. The molecule has 0 aliphatic rings. The van der Waals surface area contributed by atoms with Gasteiger partial charge < -0.3 is 9.72 Å². The Bertz CT molecular complexity index is 493. The molecule has 2 aromatic rings. The first-order chi connectivity index (χ1) is 6.70. The van der Waals surface area contributed by atoms with Gasteiger partial charge in [0.2, 0.25) is 5.95 Å². The van der Waals surface area contributed by atoms with Crippen LogP contribution in [0.1, 0.15) is 10.5 Å². The number of carbonyl (C=O) groups excluding carboxylic acids is 1. The van der Waals surface area contributed by atoms with Crippen LogP contribution >= 0.6 is 0 Å². The summed E-state index contributed by atoms with van der Waals surface area (Å²) in [5, 5.41) is 0.673. The van der Waals surface area contributed by atoms with E-state index in [1.54, 1.807) is 12.1 Å². The highest BCUT2D eigenvalue weighted by Crippen LogP contribution is 2.13. The lowest BCUT2D eigenvalue weighted by Crippen LogP contribution is -2.00. The predicted molar refractivity (Wildman–Crippen MR) is 47.4 cm³/mol. The normalized spacial score (nSPS) is 10.4. The first kappa shape index (κ1) is 8.68. The van der Waals surface area contributed by atoms with E-state index in [9.17, 15) is 9.18 Å². The average molecular weight is 194 g/mol. The lowest BCUT2D eigenvalue weighted by atomic mass is 10.3. The Morgan fingerprint density at radius 1 is 1.57 bits per heavy atom. The zero-order valence-corrected chi connectivity index (χ0v) is 7.37. The molecule has 0 aliphatic heterocycles. The zero-order valence-electron chi connectivity index (χ0n) is 7.37. The Hall–Kier alpha value is -1.91. The summed E-state index contributed by atoms with van der Waals surface area (Å²) in [6, 6.07) is 4.34. The van der Waals surface area contributed by atoms with E-state index >= 15 is 0 Å². The third-order valence-electron chi connectivity index (χ3n) is 1.85. The van der Waals surface area contributed by atoms with E-state index in [-0.39, 0.29) is 5.69 Å². The molecule has 5 heteroatoms. The van der Waals surface area contributed by atoms with Crippen molar-refractivity contribution in [3.05, 3.63) is 29.8 Å². The number of fused-ring (bicyclic) bond motifs is 1. The second-order valence-electron chi connectivity index (χ2n) is 2.75. The van der Waals surface area contributed by atoms with Crippen molar-refractivity contribution in [3.63, 3.8) is 0 Å². The molecule has 0 atom stereocenters. The van der Waals surface area contributed by atoms with Crippen LogP contribution in [0.3, 0.4) is 0 Å². The Morgan fingerprint density at radius 3 is 3.07 bits per heavy atom. The van der Waals surface area contributed by atoms with E-state index in [0.717, 1.165) is 0 Å². The molecule has 0 radical (unpaired) electrons. The number of aromatic amines is 1. The van der Waals surface area contributed by atoms with Crippen LogP contribution in [-0.4, -0.2) is 23.0 Å². The van der Waals surface area contributed by atoms with Gasteiger partial charge >= 0.3 is 5.97 Å². The second-order valence-corrected chi connectivity index (χ2v) is 2.75. The minimum Gasteiger partial charge on any atom is -0.464 e. The molecule has 0 saturated carbocycles. The molecule has 0 unspecified atom stereocenters. The summed E-state index contributed by atoms with van der Waals surface area (Å²) >= 11 is 0. The van der Waals surface area contributed by atoms with Gasteiger partial charge in [0.05, 0.1) is 7.11 Å². The molecule has 2 aromatic heterocycles. The fraction of sp³-hybridized carbons (Fsp3) is 0.111. The van der Waals surface area contributed by atoms with Crippen molar-refractivity contribution in [2.45, 2.75) is 0 Å². The van der Waals surface area contributed by atoms with Crippen molar-refractivity contribution >= 4 is 17.0 Å². The molecule has 1 N–H and O–H groups in total. The van der Waals surface area contributed by atoms with E-state index in [1.807, 2.05) is 0 Å². The SMILES string of the molecule is COC(=O)c1cc2ccc(F)nc2[nH]1. The lowest BCUT2D eigenvalue weighted by Gasteiger charge is -1.91. The molecule has 14 heavy (non-hydrogen) atoms. The average Bonchev–Trinajstić information content (AvgIpc) is 2.59. The summed E-state index contributed by atoms with van der Waals surface area (Å²) in [7, 11) is 1.28. The van der Waals surface area contributed by atoms with Gasteiger partial charge in [0.25, 0.3) is 0 Å². The largest absolute Gasteiger partial charge is 0.464 e. The highest BCUT2D eigenvalue weighted by Gasteiger charge is 2.09. The van der Waals surface area contributed by atoms with E-state index in [0.29, 0.717) is 11.0 Å². The topological polar surface area (TPSA) is 55.0 Å². The van der Waals surface area contributed by atoms with Gasteiger partial charge in [-0.25, -0.2) is 9.78 Å². The Morgan fingerprint density at radius 2 is 2.36 bits per heavy atom. The van der Waals surface area contributed by atoms with Crippen LogP contribution in [0.25, 0.3) is 11.0 Å². The maximum atomic E-state index is 12.7. The summed E-state index contributed by atoms with van der Waals surface area (Å²) < 4.78 is 17.2. The molecular weight excluding hydrogens is 187 g/mol. The standard InChI is InChI=1S/C9H7FN2O2/c1-14-9(13)6-4-5-2-3-7(10)12-8(5)11-6/h2-4H,1H3,(H,11,12). The van der Waals surface area contributed by atoms with E-state index in [2.05, 4.69) is 14.7 Å². The number of H-pyrrole nitrogens is 1. The quantitative estimate of drug-likeness (QED) is 0.552. The highest BCUT2D eigenvalue weighted by atomic mass is 19.1. The number of hydrogen-bond donors (Lipinski definition) is 1. The lowest BCUT2D eigenvalue weighted by molar-refractivity contribution is 0.0595. The van der Waals surface area contributed by atoms with Crippen molar-refractivity contribution in [2.75, 3.05) is 7.11 Å². The maximum Gasteiger partial charge on any atom is 0.354 e. The van der Waals surface area contributed by atoms with Crippen molar-refractivity contribution in [2.24, 2.45) is 0 Å². The van der Waals surface area contributed by atoms with Crippen LogP contribution in [-0.2, 0) is 4.74 Å². The molecule has 4 nitrogen and oxygen atoms in total. The third kappa shape index (κ3) is 1.32. The monoisotopic (exact) mass is 194 g/mol. The van der Waals surface area contributed by atoms with E-state index in [4.69, 9.17) is 0 Å². The summed E-state index contributed by atoms with van der Waals surface area (Å²) in [5.41, 5.74) is 0.603. The molecule has 0 aromatic carbocycles. The molecule has 0 spiro atoms. The maximum absolute atomic E-state index is 12.7. The van der Waals surface area contributed by atoms with Gasteiger partial charge in [-0.2, -0.15) is 4.39 Å². The summed E-state index contributed by atoms with van der Waals surface area (Å²) in [6.45, 7) is 0. The van der Waals surface area contributed by atoms with Crippen LogP contribution in [0.15, 0.2) is 18.2 Å². The van der Waals surface area contributed by atoms with Crippen LogP contribution in [0.5, 0.6) is 0 Å². The number of nitrogens with one attached hydrogen (secondary N) is 1. The Labute approximate surface area is 78.7 Å². The Balaban J connectivity index is 2.56. The number of nitrogens with zero attached hydrogens (tertiary/aromatic N) is 1. The number of methoxy groups -OCH3 is 1. The highest BCUT2D eigenvalue weighted by molar-refractivity contribution is 5.93. The Kier molecular flexibility index (Phi) is 1.92. The second kappa shape index (κ2) is 3.10. The van der Waals surface area contributed by atoms with Crippen molar-refractivity contribution in [3.8, 4) is 0 Å². The molecule has 0 bridgehead atoms. The fourth-order valence-electron chi connectivity index (χ4n) is 1.20. The third-order valence-corrected chi connectivity index (χ3v) is 1.85. The first-order valence-electron chi connectivity index (χ1n) is 3.94. The van der Waals surface area contributed by atoms with Crippen LogP contribution in [0.4, 0.5) is 4.39 Å². The number of esters is 1. The number of aromatic nitrogens is 2. The number of pyridine rings is 1. The minimum absolute atomic E-state index is 0.264. The van der Waals surface area contributed by atoms with Gasteiger partial charge in [-0.3, -0.25) is 0 Å². The number of halogens is 1. The van der Waals surface area contributed by atoms with Gasteiger partial charge in [-0.1, -0.05) is 0 Å². The van der Waals surface area contributed by atoms with Crippen LogP contribution < -0.4 is 0 Å². The summed E-state index contributed by atoms with van der Waals surface area (Å²) in [6.07, 6.45) is 0. The molecule has 0 fully saturated rings. The molecule has 0 aliphatic carbocycles. The zero-order chi connectivity index (χ0) is 10.1. The summed E-state index contributed by atoms with van der Waals surface area (Å²) in [4.78, 5) is 17.3. The number of hydrogen-bond acceptors (Lipinski definition) is 3. The predicted octanol–water partition coefficient (Wildman–Crippen LogP) is 1.49. The van der Waals surface area contributed by atoms with Crippen molar-refractivity contribution in [1.82, 2.24) is 9.97 Å². The molecule has 0 amide bonds. The van der Waals surface area contributed by atoms with Crippen molar-refractivity contribution < 1.29 is 13.9 Å². The minimum atomic E-state index is -0.587. The molecular formula is C9H7FN2O2. The van der Waals surface area contributed by atoms with Gasteiger partial charge in [-0.05, 0) is 18.2 Å². The van der Waals surface area contributed by atoms with Crippen LogP contribution in [0.2, 0.25) is 0 Å². The molecule has 0 saturated heterocycles. The molecule has 72 valence electrons. The number of rotatable bonds is 1. The van der Waals surface area contributed by atoms with Crippen molar-refractivity contribution in [1.29, 1.82) is 0 Å². The van der Waals surface area contributed by atoms with Gasteiger partial charge in [0.1, 0.15) is 11.3 Å². The van der Waals surface area contributed by atoms with E-state index in [1.165, 1.54) is 13.2 Å². The first-order valence-corrected chi connectivity index (χ1v) is 3.94. The van der Waals surface area contributed by atoms with Gasteiger partial charge in [0, 0.05) is 5.39 Å². The van der Waals surface area contributed by atoms with Crippen LogP contribution in [0, 0.1) is 5.95 Å². The summed E-state index contributed by atoms with van der Waals surface area (Å²) in [5.74, 6) is -1.08.